The molecule has 0 aliphatic heterocycles. The Bertz CT molecular complexity index is 1020. The maximum absolute atomic E-state index is 12.5. The largest absolute Gasteiger partial charge is 0.496 e. The van der Waals surface area contributed by atoms with E-state index in [1.807, 2.05) is 50.6 Å². The van der Waals surface area contributed by atoms with E-state index in [2.05, 4.69) is 20.2 Å². The number of amides is 1. The van der Waals surface area contributed by atoms with Gasteiger partial charge in [0.05, 0.1) is 19.8 Å². The van der Waals surface area contributed by atoms with Crippen molar-refractivity contribution in [3.63, 3.8) is 0 Å². The van der Waals surface area contributed by atoms with Crippen molar-refractivity contribution in [3.05, 3.63) is 36.5 Å². The third-order valence-corrected chi connectivity index (χ3v) is 5.35. The van der Waals surface area contributed by atoms with Crippen LogP contribution in [0.3, 0.4) is 0 Å². The van der Waals surface area contributed by atoms with E-state index in [0.717, 1.165) is 41.0 Å². The van der Waals surface area contributed by atoms with Crippen molar-refractivity contribution in [2.24, 2.45) is 11.8 Å². The van der Waals surface area contributed by atoms with Crippen molar-refractivity contribution in [1.82, 2.24) is 14.9 Å². The van der Waals surface area contributed by atoms with Crippen LogP contribution < -0.4 is 14.8 Å². The van der Waals surface area contributed by atoms with Crippen LogP contribution in [0.5, 0.6) is 11.5 Å². The Morgan fingerprint density at radius 3 is 2.59 bits per heavy atom. The first-order valence-electron chi connectivity index (χ1n) is 9.67. The van der Waals surface area contributed by atoms with Gasteiger partial charge in [-0.3, -0.25) is 4.79 Å². The Morgan fingerprint density at radius 1 is 1.21 bits per heavy atom. The van der Waals surface area contributed by atoms with Gasteiger partial charge in [0.25, 0.3) is 0 Å². The first kappa shape index (κ1) is 19.3. The van der Waals surface area contributed by atoms with Gasteiger partial charge in [0.15, 0.2) is 0 Å². The van der Waals surface area contributed by atoms with Crippen molar-refractivity contribution < 1.29 is 14.3 Å². The van der Waals surface area contributed by atoms with Gasteiger partial charge < -0.3 is 24.7 Å². The summed E-state index contributed by atoms with van der Waals surface area (Å²) in [5.74, 6) is 2.56. The number of aromatic amines is 1. The lowest BCUT2D eigenvalue weighted by Gasteiger charge is -2.12. The Morgan fingerprint density at radius 2 is 1.93 bits per heavy atom. The van der Waals surface area contributed by atoms with Crippen molar-refractivity contribution in [2.75, 3.05) is 40.2 Å². The minimum atomic E-state index is 0.0434. The van der Waals surface area contributed by atoms with Crippen LogP contribution in [-0.2, 0) is 4.79 Å². The molecule has 1 amide bonds. The maximum atomic E-state index is 12.5. The Labute approximate surface area is 170 Å². The molecule has 0 radical (unpaired) electrons. The van der Waals surface area contributed by atoms with Gasteiger partial charge in [-0.2, -0.15) is 0 Å². The second-order valence-electron chi connectivity index (χ2n) is 7.69. The number of ether oxygens (including phenoxy) is 2. The smallest absolute Gasteiger partial charge is 0.228 e. The Balaban J connectivity index is 1.59. The predicted molar refractivity (Wildman–Crippen MR) is 113 cm³/mol. The maximum Gasteiger partial charge on any atom is 0.228 e. The van der Waals surface area contributed by atoms with E-state index in [-0.39, 0.29) is 11.8 Å². The second kappa shape index (κ2) is 7.75. The summed E-state index contributed by atoms with van der Waals surface area (Å²) < 4.78 is 11.1. The van der Waals surface area contributed by atoms with Crippen molar-refractivity contribution in [2.45, 2.75) is 6.42 Å². The lowest BCUT2D eigenvalue weighted by Crippen LogP contribution is -2.20. The fourth-order valence-corrected chi connectivity index (χ4v) is 3.86. The van der Waals surface area contributed by atoms with E-state index in [9.17, 15) is 4.79 Å². The summed E-state index contributed by atoms with van der Waals surface area (Å²) in [4.78, 5) is 22.4. The topological polar surface area (TPSA) is 79.5 Å². The third-order valence-electron chi connectivity index (χ3n) is 5.35. The molecule has 0 unspecified atom stereocenters. The molecule has 7 heteroatoms. The molecule has 7 nitrogen and oxygen atoms in total. The second-order valence-corrected chi connectivity index (χ2v) is 7.69. The zero-order valence-electron chi connectivity index (χ0n) is 17.2. The molecule has 1 saturated carbocycles. The highest BCUT2D eigenvalue weighted by atomic mass is 16.5. The standard InChI is InChI=1S/C22H26N4O3/c1-26(2)12-13-10-15(13)22(27)25-19-9-8-14-16(11-23-21(14)24-19)20-17(28-3)6-5-7-18(20)29-4/h5-9,11,13,15H,10,12H2,1-4H3,(H2,23,24,25,27)/t13-,15+/m0/s1. The van der Waals surface area contributed by atoms with Crippen molar-refractivity contribution in [3.8, 4) is 22.6 Å². The number of carbonyl (C=O) groups excluding carboxylic acids is 1. The summed E-state index contributed by atoms with van der Waals surface area (Å²) in [5.41, 5.74) is 2.51. The molecular formula is C22H26N4O3. The first-order valence-corrected chi connectivity index (χ1v) is 9.67. The summed E-state index contributed by atoms with van der Waals surface area (Å²) >= 11 is 0. The highest BCUT2D eigenvalue weighted by Crippen LogP contribution is 2.42. The first-order chi connectivity index (χ1) is 14.0. The van der Waals surface area contributed by atoms with Gasteiger partial charge in [0.2, 0.25) is 5.91 Å². The van der Waals surface area contributed by atoms with Crippen LogP contribution in [0.15, 0.2) is 36.5 Å². The molecule has 152 valence electrons. The minimum Gasteiger partial charge on any atom is -0.496 e. The number of H-pyrrole nitrogens is 1. The predicted octanol–water partition coefficient (Wildman–Crippen LogP) is 3.38. The van der Waals surface area contributed by atoms with Gasteiger partial charge in [-0.1, -0.05) is 6.07 Å². The average molecular weight is 394 g/mol. The summed E-state index contributed by atoms with van der Waals surface area (Å²) in [6.07, 6.45) is 2.82. The molecule has 0 bridgehead atoms. The van der Waals surface area contributed by atoms with Gasteiger partial charge in [-0.15, -0.1) is 0 Å². The van der Waals surface area contributed by atoms with Crippen molar-refractivity contribution >= 4 is 22.8 Å². The highest BCUT2D eigenvalue weighted by molar-refractivity contribution is 5.99. The number of rotatable bonds is 7. The van der Waals surface area contributed by atoms with Crippen LogP contribution in [0.25, 0.3) is 22.2 Å². The van der Waals surface area contributed by atoms with Crippen molar-refractivity contribution in [1.29, 1.82) is 0 Å². The molecular weight excluding hydrogens is 368 g/mol. The molecule has 4 rings (SSSR count). The lowest BCUT2D eigenvalue weighted by atomic mass is 10.0. The van der Waals surface area contributed by atoms with E-state index >= 15 is 0 Å². The van der Waals surface area contributed by atoms with E-state index in [1.165, 1.54) is 0 Å². The Kier molecular flexibility index (Phi) is 5.15. The van der Waals surface area contributed by atoms with Crippen LogP contribution in [0.1, 0.15) is 6.42 Å². The zero-order valence-corrected chi connectivity index (χ0v) is 17.2. The van der Waals surface area contributed by atoms with Gasteiger partial charge in [0.1, 0.15) is 23.0 Å². The number of hydrogen-bond acceptors (Lipinski definition) is 5. The van der Waals surface area contributed by atoms with Crippen LogP contribution in [0.4, 0.5) is 5.82 Å². The van der Waals surface area contributed by atoms with E-state index in [0.29, 0.717) is 17.4 Å². The number of carbonyl (C=O) groups is 1. The molecule has 0 saturated heterocycles. The van der Waals surface area contributed by atoms with Crippen LogP contribution in [-0.4, -0.2) is 55.6 Å². The van der Waals surface area contributed by atoms with E-state index in [4.69, 9.17) is 9.47 Å². The fourth-order valence-electron chi connectivity index (χ4n) is 3.86. The van der Waals surface area contributed by atoms with Crippen LogP contribution in [0, 0.1) is 11.8 Å². The fraction of sp³-hybridized carbons (Fsp3) is 0.364. The van der Waals surface area contributed by atoms with Gasteiger partial charge in [-0.05, 0) is 50.7 Å². The molecule has 1 aliphatic rings. The molecule has 1 aromatic carbocycles. The molecule has 29 heavy (non-hydrogen) atoms. The quantitative estimate of drug-likeness (QED) is 0.642. The number of fused-ring (bicyclic) bond motifs is 1. The number of nitrogens with zero attached hydrogens (tertiary/aromatic N) is 2. The SMILES string of the molecule is COc1cccc(OC)c1-c1c[nH]c2nc(NC(=O)[C@@H]3C[C@H]3CN(C)C)ccc12. The van der Waals surface area contributed by atoms with E-state index < -0.39 is 0 Å². The van der Waals surface area contributed by atoms with Gasteiger partial charge in [0, 0.05) is 29.6 Å². The lowest BCUT2D eigenvalue weighted by molar-refractivity contribution is -0.117. The molecule has 3 aromatic rings. The molecule has 1 fully saturated rings. The summed E-state index contributed by atoms with van der Waals surface area (Å²) in [6.45, 7) is 0.936. The number of pyridine rings is 1. The number of nitrogens with one attached hydrogen (secondary N) is 2. The molecule has 2 atom stereocenters. The molecule has 2 N–H and O–H groups in total. The molecule has 0 spiro atoms. The van der Waals surface area contributed by atoms with Crippen LogP contribution >= 0.6 is 0 Å². The summed E-state index contributed by atoms with van der Waals surface area (Å²) in [6, 6.07) is 9.49. The zero-order chi connectivity index (χ0) is 20.5. The third kappa shape index (κ3) is 3.78. The van der Waals surface area contributed by atoms with E-state index in [1.54, 1.807) is 14.2 Å². The van der Waals surface area contributed by atoms with Gasteiger partial charge >= 0.3 is 0 Å². The highest BCUT2D eigenvalue weighted by Gasteiger charge is 2.43. The normalized spacial score (nSPS) is 18.1. The molecule has 2 heterocycles. The molecule has 2 aromatic heterocycles. The number of anilines is 1. The summed E-state index contributed by atoms with van der Waals surface area (Å²) in [5, 5.41) is 3.89. The average Bonchev–Trinajstić information content (AvgIpc) is 3.35. The monoisotopic (exact) mass is 394 g/mol. The van der Waals surface area contributed by atoms with Gasteiger partial charge in [-0.25, -0.2) is 4.98 Å². The Hall–Kier alpha value is -3.06. The number of benzene rings is 1. The molecule has 1 aliphatic carbocycles. The number of methoxy groups -OCH3 is 2. The number of aromatic nitrogens is 2. The number of hydrogen-bond donors (Lipinski definition) is 2. The summed E-state index contributed by atoms with van der Waals surface area (Å²) in [7, 11) is 7.34. The minimum absolute atomic E-state index is 0.0434. The van der Waals surface area contributed by atoms with Crippen LogP contribution in [0.2, 0.25) is 0 Å².